The van der Waals surface area contributed by atoms with Crippen LogP contribution >= 0.6 is 35.0 Å². The van der Waals surface area contributed by atoms with Crippen molar-refractivity contribution in [3.05, 3.63) is 46.6 Å². The highest BCUT2D eigenvalue weighted by Crippen LogP contribution is 2.27. The predicted octanol–water partition coefficient (Wildman–Crippen LogP) is 4.47. The van der Waals surface area contributed by atoms with Gasteiger partial charge in [-0.15, -0.1) is 11.8 Å². The van der Waals surface area contributed by atoms with Crippen LogP contribution in [0.4, 0.5) is 11.5 Å². The van der Waals surface area contributed by atoms with Crippen LogP contribution in [0.15, 0.2) is 41.4 Å². The Morgan fingerprint density at radius 2 is 1.83 bits per heavy atom. The number of carbonyl (C=O) groups is 2. The molecule has 0 radical (unpaired) electrons. The molecule has 2 amide bonds. The topological polar surface area (TPSA) is 71.1 Å². The summed E-state index contributed by atoms with van der Waals surface area (Å²) in [7, 11) is 0. The van der Waals surface area contributed by atoms with Gasteiger partial charge in [0, 0.05) is 23.7 Å². The number of nitrogens with zero attached hydrogens (tertiary/aromatic N) is 1. The fraction of sp³-hybridized carbons (Fsp3) is 0.188. The number of aromatic nitrogens is 1. The Hall–Kier alpha value is -1.76. The summed E-state index contributed by atoms with van der Waals surface area (Å²) in [5, 5.41) is 5.70. The number of halogens is 2. The Morgan fingerprint density at radius 1 is 1.17 bits per heavy atom. The molecule has 0 aliphatic rings. The standard InChI is InChI=1S/C16H15Cl2N3O2S/c1-9(16(23)21-15-14(18)7-11(17)8-19-15)24-13-5-3-12(4-6-13)20-10(2)22/h3-9H,1-2H3,(H,20,22)(H,19,21,23)/t9-/m1/s1. The van der Waals surface area contributed by atoms with Crippen molar-refractivity contribution in [2.75, 3.05) is 10.6 Å². The quantitative estimate of drug-likeness (QED) is 0.747. The number of carbonyl (C=O) groups excluding carboxylic acids is 2. The first kappa shape index (κ1) is 18.6. The van der Waals surface area contributed by atoms with Crippen LogP contribution in [0, 0.1) is 0 Å². The van der Waals surface area contributed by atoms with E-state index >= 15 is 0 Å². The van der Waals surface area contributed by atoms with Crippen molar-refractivity contribution >= 4 is 58.3 Å². The molecule has 0 spiro atoms. The monoisotopic (exact) mass is 383 g/mol. The van der Waals surface area contributed by atoms with Gasteiger partial charge in [0.15, 0.2) is 5.82 Å². The van der Waals surface area contributed by atoms with Gasteiger partial charge in [-0.2, -0.15) is 0 Å². The average molecular weight is 384 g/mol. The Balaban J connectivity index is 1.97. The largest absolute Gasteiger partial charge is 0.326 e. The van der Waals surface area contributed by atoms with Gasteiger partial charge in [0.05, 0.1) is 15.3 Å². The third-order valence-corrected chi connectivity index (χ3v) is 4.51. The molecule has 2 aromatic rings. The number of hydrogen-bond donors (Lipinski definition) is 2. The lowest BCUT2D eigenvalue weighted by Crippen LogP contribution is -2.23. The normalized spacial score (nSPS) is 11.7. The van der Waals surface area contributed by atoms with Crippen LogP contribution in [0.2, 0.25) is 10.0 Å². The van der Waals surface area contributed by atoms with Crippen molar-refractivity contribution in [2.45, 2.75) is 24.0 Å². The molecule has 5 nitrogen and oxygen atoms in total. The fourth-order valence-electron chi connectivity index (χ4n) is 1.80. The smallest absolute Gasteiger partial charge is 0.238 e. The molecule has 1 aromatic heterocycles. The van der Waals surface area contributed by atoms with Crippen LogP contribution in [-0.4, -0.2) is 22.0 Å². The van der Waals surface area contributed by atoms with E-state index < -0.39 is 0 Å². The van der Waals surface area contributed by atoms with E-state index in [2.05, 4.69) is 15.6 Å². The molecule has 0 aliphatic carbocycles. The van der Waals surface area contributed by atoms with E-state index in [1.807, 2.05) is 12.1 Å². The van der Waals surface area contributed by atoms with Crippen molar-refractivity contribution in [1.29, 1.82) is 0 Å². The fourth-order valence-corrected chi connectivity index (χ4v) is 3.10. The molecule has 0 saturated carbocycles. The highest BCUT2D eigenvalue weighted by Gasteiger charge is 2.16. The minimum atomic E-state index is -0.356. The van der Waals surface area contributed by atoms with Crippen molar-refractivity contribution in [1.82, 2.24) is 4.98 Å². The number of rotatable bonds is 5. The van der Waals surface area contributed by atoms with Crippen LogP contribution < -0.4 is 10.6 Å². The third kappa shape index (κ3) is 5.40. The lowest BCUT2D eigenvalue weighted by atomic mass is 10.3. The van der Waals surface area contributed by atoms with Crippen LogP contribution in [0.25, 0.3) is 0 Å². The number of hydrogen-bond acceptors (Lipinski definition) is 4. The molecule has 1 aromatic carbocycles. The molecular formula is C16H15Cl2N3O2S. The number of benzene rings is 1. The van der Waals surface area contributed by atoms with Gasteiger partial charge in [-0.3, -0.25) is 9.59 Å². The average Bonchev–Trinajstić information content (AvgIpc) is 2.51. The minimum Gasteiger partial charge on any atom is -0.326 e. The van der Waals surface area contributed by atoms with Crippen molar-refractivity contribution in [3.8, 4) is 0 Å². The van der Waals surface area contributed by atoms with E-state index in [9.17, 15) is 9.59 Å². The van der Waals surface area contributed by atoms with Gasteiger partial charge < -0.3 is 10.6 Å². The van der Waals surface area contributed by atoms with E-state index in [1.54, 1.807) is 19.1 Å². The Kier molecular flexibility index (Phi) is 6.48. The summed E-state index contributed by atoms with van der Waals surface area (Å²) in [5.74, 6) is -0.0716. The molecule has 2 N–H and O–H groups in total. The molecule has 2 rings (SSSR count). The zero-order chi connectivity index (χ0) is 17.7. The van der Waals surface area contributed by atoms with E-state index in [0.717, 1.165) is 4.90 Å². The number of anilines is 2. The highest BCUT2D eigenvalue weighted by molar-refractivity contribution is 8.00. The number of nitrogens with one attached hydrogen (secondary N) is 2. The van der Waals surface area contributed by atoms with Crippen LogP contribution in [0.3, 0.4) is 0 Å². The second-order valence-corrected chi connectivity index (χ2v) is 7.20. The SMILES string of the molecule is CC(=O)Nc1ccc(S[C@H](C)C(=O)Nc2ncc(Cl)cc2Cl)cc1. The third-order valence-electron chi connectivity index (χ3n) is 2.91. The number of pyridine rings is 1. The Bertz CT molecular complexity index is 753. The molecule has 24 heavy (non-hydrogen) atoms. The first-order chi connectivity index (χ1) is 11.3. The number of amides is 2. The summed E-state index contributed by atoms with van der Waals surface area (Å²) in [4.78, 5) is 28.1. The first-order valence-corrected chi connectivity index (χ1v) is 8.65. The Morgan fingerprint density at radius 3 is 2.42 bits per heavy atom. The van der Waals surface area contributed by atoms with Gasteiger partial charge in [0.2, 0.25) is 11.8 Å². The lowest BCUT2D eigenvalue weighted by molar-refractivity contribution is -0.115. The van der Waals surface area contributed by atoms with Gasteiger partial charge in [0.25, 0.3) is 0 Å². The lowest BCUT2D eigenvalue weighted by Gasteiger charge is -2.13. The van der Waals surface area contributed by atoms with Gasteiger partial charge in [-0.1, -0.05) is 23.2 Å². The molecular weight excluding hydrogens is 369 g/mol. The summed E-state index contributed by atoms with van der Waals surface area (Å²) < 4.78 is 0. The molecule has 0 fully saturated rings. The van der Waals surface area contributed by atoms with E-state index in [4.69, 9.17) is 23.2 Å². The van der Waals surface area contributed by atoms with E-state index in [0.29, 0.717) is 10.7 Å². The zero-order valence-electron chi connectivity index (χ0n) is 13.0. The van der Waals surface area contributed by atoms with Gasteiger partial charge in [-0.25, -0.2) is 4.98 Å². The Labute approximate surface area is 154 Å². The summed E-state index contributed by atoms with van der Waals surface area (Å²) in [5.41, 5.74) is 0.709. The molecule has 0 bridgehead atoms. The molecule has 1 heterocycles. The van der Waals surface area contributed by atoms with Crippen LogP contribution in [0.1, 0.15) is 13.8 Å². The summed E-state index contributed by atoms with van der Waals surface area (Å²) in [6.07, 6.45) is 1.42. The maximum absolute atomic E-state index is 12.2. The predicted molar refractivity (Wildman–Crippen MR) is 99.0 cm³/mol. The van der Waals surface area contributed by atoms with Gasteiger partial charge >= 0.3 is 0 Å². The summed E-state index contributed by atoms with van der Waals surface area (Å²) >= 11 is 13.2. The first-order valence-electron chi connectivity index (χ1n) is 7.01. The summed E-state index contributed by atoms with van der Waals surface area (Å²) in [6, 6.07) is 8.77. The van der Waals surface area contributed by atoms with E-state index in [1.165, 1.54) is 30.9 Å². The molecule has 126 valence electrons. The molecule has 0 aliphatic heterocycles. The van der Waals surface area contributed by atoms with Crippen LogP contribution in [-0.2, 0) is 9.59 Å². The molecule has 0 unspecified atom stereocenters. The zero-order valence-corrected chi connectivity index (χ0v) is 15.3. The van der Waals surface area contributed by atoms with E-state index in [-0.39, 0.29) is 27.9 Å². The second-order valence-electron chi connectivity index (χ2n) is 4.94. The number of thioether (sulfide) groups is 1. The second kappa shape index (κ2) is 8.37. The maximum Gasteiger partial charge on any atom is 0.238 e. The minimum absolute atomic E-state index is 0.129. The van der Waals surface area contributed by atoms with Crippen molar-refractivity contribution in [3.63, 3.8) is 0 Å². The highest BCUT2D eigenvalue weighted by atomic mass is 35.5. The van der Waals surface area contributed by atoms with Crippen molar-refractivity contribution < 1.29 is 9.59 Å². The van der Waals surface area contributed by atoms with Gasteiger partial charge in [0.1, 0.15) is 0 Å². The maximum atomic E-state index is 12.2. The molecule has 0 saturated heterocycles. The molecule has 1 atom stereocenters. The van der Waals surface area contributed by atoms with Crippen molar-refractivity contribution in [2.24, 2.45) is 0 Å². The van der Waals surface area contributed by atoms with Gasteiger partial charge in [-0.05, 0) is 37.3 Å². The van der Waals surface area contributed by atoms with Crippen LogP contribution in [0.5, 0.6) is 0 Å². The summed E-state index contributed by atoms with van der Waals surface area (Å²) in [6.45, 7) is 3.23. The molecule has 8 heteroatoms.